The van der Waals surface area contributed by atoms with Gasteiger partial charge < -0.3 is 4.90 Å². The standard InChI is InChI=1S/C8H10N4O/c13-8(12-5-4-9-6-12)7-2-1-3-10-11-7/h1-3,9H,4-6H2. The second kappa shape index (κ2) is 3.49. The lowest BCUT2D eigenvalue weighted by atomic mass is 10.3. The molecule has 2 rings (SSSR count). The molecular formula is C8H10N4O. The molecule has 2 heterocycles. The van der Waals surface area contributed by atoms with E-state index >= 15 is 0 Å². The van der Waals surface area contributed by atoms with Crippen LogP contribution in [0.5, 0.6) is 0 Å². The van der Waals surface area contributed by atoms with Crippen molar-refractivity contribution in [3.05, 3.63) is 24.0 Å². The third kappa shape index (κ3) is 1.65. The summed E-state index contributed by atoms with van der Waals surface area (Å²) in [5, 5.41) is 10.5. The zero-order chi connectivity index (χ0) is 9.10. The Bertz CT molecular complexity index is 294. The quantitative estimate of drug-likeness (QED) is 0.628. The van der Waals surface area contributed by atoms with Crippen LogP contribution in [-0.4, -0.2) is 40.8 Å². The molecule has 13 heavy (non-hydrogen) atoms. The Labute approximate surface area is 75.8 Å². The van der Waals surface area contributed by atoms with Gasteiger partial charge in [0.2, 0.25) is 0 Å². The first-order chi connectivity index (χ1) is 6.38. The van der Waals surface area contributed by atoms with E-state index in [1.807, 2.05) is 0 Å². The maximum Gasteiger partial charge on any atom is 0.275 e. The van der Waals surface area contributed by atoms with Crippen molar-refractivity contribution >= 4 is 5.91 Å². The van der Waals surface area contributed by atoms with Crippen molar-refractivity contribution in [3.8, 4) is 0 Å². The molecule has 0 radical (unpaired) electrons. The van der Waals surface area contributed by atoms with E-state index in [-0.39, 0.29) is 5.91 Å². The summed E-state index contributed by atoms with van der Waals surface area (Å²) in [5.74, 6) is -0.0573. The first kappa shape index (κ1) is 8.12. The Hall–Kier alpha value is -1.49. The zero-order valence-corrected chi connectivity index (χ0v) is 7.10. The highest BCUT2D eigenvalue weighted by molar-refractivity contribution is 5.92. The van der Waals surface area contributed by atoms with Gasteiger partial charge in [0, 0.05) is 19.3 Å². The average molecular weight is 178 g/mol. The number of hydrogen-bond acceptors (Lipinski definition) is 4. The molecule has 1 N–H and O–H groups in total. The SMILES string of the molecule is O=C(c1cccnn1)N1CCNC1. The summed E-state index contributed by atoms with van der Waals surface area (Å²) in [5.41, 5.74) is 0.409. The zero-order valence-electron chi connectivity index (χ0n) is 7.10. The minimum absolute atomic E-state index is 0.0573. The summed E-state index contributed by atoms with van der Waals surface area (Å²) in [6.07, 6.45) is 1.55. The van der Waals surface area contributed by atoms with E-state index in [1.165, 1.54) is 0 Å². The van der Waals surface area contributed by atoms with Gasteiger partial charge in [-0.15, -0.1) is 5.10 Å². The molecule has 1 amide bonds. The lowest BCUT2D eigenvalue weighted by Gasteiger charge is -2.12. The number of rotatable bonds is 1. The molecule has 5 nitrogen and oxygen atoms in total. The van der Waals surface area contributed by atoms with Gasteiger partial charge in [-0.1, -0.05) is 0 Å². The lowest BCUT2D eigenvalue weighted by molar-refractivity contribution is 0.0784. The minimum atomic E-state index is -0.0573. The van der Waals surface area contributed by atoms with E-state index in [2.05, 4.69) is 15.5 Å². The van der Waals surface area contributed by atoms with Crippen LogP contribution in [0.3, 0.4) is 0 Å². The number of nitrogens with one attached hydrogen (secondary N) is 1. The summed E-state index contributed by atoms with van der Waals surface area (Å²) >= 11 is 0. The number of carbonyl (C=O) groups is 1. The number of aromatic nitrogens is 2. The van der Waals surface area contributed by atoms with Crippen LogP contribution in [-0.2, 0) is 0 Å². The Kier molecular flexibility index (Phi) is 2.18. The Morgan fingerprint density at radius 2 is 2.54 bits per heavy atom. The van der Waals surface area contributed by atoms with Crippen molar-refractivity contribution < 1.29 is 4.79 Å². The smallest absolute Gasteiger partial charge is 0.275 e. The summed E-state index contributed by atoms with van der Waals surface area (Å²) in [6, 6.07) is 3.39. The fraction of sp³-hybridized carbons (Fsp3) is 0.375. The normalized spacial score (nSPS) is 16.2. The lowest BCUT2D eigenvalue weighted by Crippen LogP contribution is -2.30. The molecule has 1 aliphatic rings. The van der Waals surface area contributed by atoms with E-state index in [1.54, 1.807) is 23.2 Å². The molecule has 68 valence electrons. The molecule has 0 unspecified atom stereocenters. The van der Waals surface area contributed by atoms with E-state index in [9.17, 15) is 4.79 Å². The van der Waals surface area contributed by atoms with Crippen LogP contribution in [0.2, 0.25) is 0 Å². The Morgan fingerprint density at radius 3 is 3.15 bits per heavy atom. The van der Waals surface area contributed by atoms with Gasteiger partial charge in [0.1, 0.15) is 0 Å². The van der Waals surface area contributed by atoms with Gasteiger partial charge >= 0.3 is 0 Å². The van der Waals surface area contributed by atoms with Gasteiger partial charge in [-0.3, -0.25) is 10.1 Å². The molecule has 0 spiro atoms. The van der Waals surface area contributed by atoms with Crippen molar-refractivity contribution in [2.75, 3.05) is 19.8 Å². The van der Waals surface area contributed by atoms with Crippen LogP contribution >= 0.6 is 0 Å². The fourth-order valence-electron chi connectivity index (χ4n) is 1.26. The van der Waals surface area contributed by atoms with Crippen molar-refractivity contribution in [2.45, 2.75) is 0 Å². The number of carbonyl (C=O) groups excluding carboxylic acids is 1. The van der Waals surface area contributed by atoms with Crippen molar-refractivity contribution in [1.29, 1.82) is 0 Å². The van der Waals surface area contributed by atoms with Crippen LogP contribution in [0.4, 0.5) is 0 Å². The maximum atomic E-state index is 11.6. The van der Waals surface area contributed by atoms with Gasteiger partial charge in [-0.25, -0.2) is 0 Å². The highest BCUT2D eigenvalue weighted by Gasteiger charge is 2.19. The van der Waals surface area contributed by atoms with E-state index in [0.717, 1.165) is 13.1 Å². The largest absolute Gasteiger partial charge is 0.323 e. The topological polar surface area (TPSA) is 58.1 Å². The first-order valence-corrected chi connectivity index (χ1v) is 4.15. The van der Waals surface area contributed by atoms with Crippen molar-refractivity contribution in [1.82, 2.24) is 20.4 Å². The highest BCUT2D eigenvalue weighted by Crippen LogP contribution is 2.01. The predicted octanol–water partition coefficient (Wildman–Crippen LogP) is -0.521. The molecule has 0 saturated carbocycles. The molecule has 0 aromatic carbocycles. The van der Waals surface area contributed by atoms with Gasteiger partial charge in [0.15, 0.2) is 5.69 Å². The predicted molar refractivity (Wildman–Crippen MR) is 45.9 cm³/mol. The second-order valence-corrected chi connectivity index (χ2v) is 2.84. The van der Waals surface area contributed by atoms with Gasteiger partial charge in [0.25, 0.3) is 5.91 Å². The summed E-state index contributed by atoms with van der Waals surface area (Å²) in [7, 11) is 0. The van der Waals surface area contributed by atoms with Gasteiger partial charge in [-0.2, -0.15) is 5.10 Å². The maximum absolute atomic E-state index is 11.6. The van der Waals surface area contributed by atoms with Crippen LogP contribution < -0.4 is 5.32 Å². The molecule has 0 atom stereocenters. The monoisotopic (exact) mass is 178 g/mol. The minimum Gasteiger partial charge on any atom is -0.323 e. The Balaban J connectivity index is 2.13. The molecule has 1 aromatic rings. The summed E-state index contributed by atoms with van der Waals surface area (Å²) in [6.45, 7) is 2.21. The van der Waals surface area contributed by atoms with Crippen LogP contribution in [0.1, 0.15) is 10.5 Å². The second-order valence-electron chi connectivity index (χ2n) is 2.84. The van der Waals surface area contributed by atoms with E-state index < -0.39 is 0 Å². The molecule has 5 heteroatoms. The highest BCUT2D eigenvalue weighted by atomic mass is 16.2. The third-order valence-electron chi connectivity index (χ3n) is 1.94. The molecule has 1 aliphatic heterocycles. The average Bonchev–Trinajstić information content (AvgIpc) is 2.71. The van der Waals surface area contributed by atoms with E-state index in [0.29, 0.717) is 12.4 Å². The number of nitrogens with zero attached hydrogens (tertiary/aromatic N) is 3. The number of amides is 1. The molecule has 1 saturated heterocycles. The molecule has 0 aliphatic carbocycles. The van der Waals surface area contributed by atoms with Crippen LogP contribution in [0.15, 0.2) is 18.3 Å². The van der Waals surface area contributed by atoms with Crippen LogP contribution in [0, 0.1) is 0 Å². The van der Waals surface area contributed by atoms with E-state index in [4.69, 9.17) is 0 Å². The first-order valence-electron chi connectivity index (χ1n) is 4.15. The number of hydrogen-bond donors (Lipinski definition) is 1. The van der Waals surface area contributed by atoms with Crippen LogP contribution in [0.25, 0.3) is 0 Å². The Morgan fingerprint density at radius 1 is 1.62 bits per heavy atom. The molecular weight excluding hydrogens is 168 g/mol. The molecule has 1 fully saturated rings. The summed E-state index contributed by atoms with van der Waals surface area (Å²) < 4.78 is 0. The molecule has 0 bridgehead atoms. The van der Waals surface area contributed by atoms with Crippen molar-refractivity contribution in [3.63, 3.8) is 0 Å². The third-order valence-corrected chi connectivity index (χ3v) is 1.94. The molecule has 1 aromatic heterocycles. The van der Waals surface area contributed by atoms with Gasteiger partial charge in [-0.05, 0) is 12.1 Å². The fourth-order valence-corrected chi connectivity index (χ4v) is 1.26. The van der Waals surface area contributed by atoms with Gasteiger partial charge in [0.05, 0.1) is 6.67 Å². The summed E-state index contributed by atoms with van der Waals surface area (Å²) in [4.78, 5) is 13.3. The van der Waals surface area contributed by atoms with Crippen molar-refractivity contribution in [2.24, 2.45) is 0 Å².